The summed E-state index contributed by atoms with van der Waals surface area (Å²) in [6.45, 7) is 6.50. The van der Waals surface area contributed by atoms with Crippen LogP contribution in [0.3, 0.4) is 0 Å². The Morgan fingerprint density at radius 2 is 1.94 bits per heavy atom. The molecule has 1 saturated heterocycles. The Balaban J connectivity index is 2.64. The third-order valence-corrected chi connectivity index (χ3v) is 2.70. The fourth-order valence-electron chi connectivity index (χ4n) is 2.04. The highest BCUT2D eigenvalue weighted by atomic mass is 16.6. The molecule has 104 valence electrons. The summed E-state index contributed by atoms with van der Waals surface area (Å²) in [6, 6.07) is -0.406. The van der Waals surface area contributed by atoms with Gasteiger partial charge in [-0.1, -0.05) is 0 Å². The lowest BCUT2D eigenvalue weighted by Gasteiger charge is -2.28. The van der Waals surface area contributed by atoms with E-state index < -0.39 is 11.6 Å². The third-order valence-electron chi connectivity index (χ3n) is 2.70. The number of likely N-dealkylation sites (N-methyl/N-ethyl adjacent to an activating group) is 1. The highest BCUT2D eigenvalue weighted by molar-refractivity contribution is 5.86. The van der Waals surface area contributed by atoms with Crippen molar-refractivity contribution in [3.8, 4) is 0 Å². The van der Waals surface area contributed by atoms with Crippen molar-refractivity contribution in [1.82, 2.24) is 9.80 Å². The molecule has 0 radical (unpaired) electrons. The van der Waals surface area contributed by atoms with Crippen molar-refractivity contribution in [3.63, 3.8) is 0 Å². The van der Waals surface area contributed by atoms with Gasteiger partial charge in [0, 0.05) is 6.54 Å². The molecule has 0 aromatic carbocycles. The predicted molar refractivity (Wildman–Crippen MR) is 69.1 cm³/mol. The van der Waals surface area contributed by atoms with Crippen LogP contribution in [-0.2, 0) is 14.3 Å². The first-order valence-corrected chi connectivity index (χ1v) is 6.38. The Kier molecular flexibility index (Phi) is 4.73. The van der Waals surface area contributed by atoms with Crippen LogP contribution in [-0.4, -0.2) is 60.5 Å². The minimum Gasteiger partial charge on any atom is -0.458 e. The summed E-state index contributed by atoms with van der Waals surface area (Å²) >= 11 is 0. The molecule has 1 fully saturated rings. The number of hydrogen-bond acceptors (Lipinski definition) is 4. The number of esters is 1. The quantitative estimate of drug-likeness (QED) is 0.703. The van der Waals surface area contributed by atoms with E-state index in [0.29, 0.717) is 19.5 Å². The molecule has 0 aromatic rings. The molecular weight excluding hydrogens is 232 g/mol. The first kappa shape index (κ1) is 15.0. The second kappa shape index (κ2) is 5.69. The Hall–Kier alpha value is -1.10. The maximum atomic E-state index is 12.0. The molecule has 0 bridgehead atoms. The van der Waals surface area contributed by atoms with E-state index in [1.54, 1.807) is 4.90 Å². The van der Waals surface area contributed by atoms with E-state index in [1.165, 1.54) is 0 Å². The fraction of sp³-hybridized carbons (Fsp3) is 0.846. The zero-order valence-corrected chi connectivity index (χ0v) is 12.0. The van der Waals surface area contributed by atoms with Crippen LogP contribution in [0.2, 0.25) is 0 Å². The van der Waals surface area contributed by atoms with Gasteiger partial charge in [-0.3, -0.25) is 4.79 Å². The Labute approximate surface area is 109 Å². The largest absolute Gasteiger partial charge is 0.458 e. The molecular formula is C13H24N2O3. The van der Waals surface area contributed by atoms with Gasteiger partial charge in [0.15, 0.2) is 0 Å². The molecule has 1 atom stereocenters. The highest BCUT2D eigenvalue weighted by Gasteiger charge is 2.36. The molecule has 0 saturated carbocycles. The van der Waals surface area contributed by atoms with Crippen LogP contribution in [0.4, 0.5) is 0 Å². The van der Waals surface area contributed by atoms with Crippen LogP contribution in [0.25, 0.3) is 0 Å². The van der Waals surface area contributed by atoms with Crippen molar-refractivity contribution >= 4 is 11.9 Å². The molecule has 0 aliphatic carbocycles. The normalized spacial score (nSPS) is 20.3. The predicted octanol–water partition coefficient (Wildman–Crippen LogP) is 0.881. The van der Waals surface area contributed by atoms with Crippen molar-refractivity contribution in [2.24, 2.45) is 0 Å². The zero-order valence-electron chi connectivity index (χ0n) is 12.0. The first-order chi connectivity index (χ1) is 8.20. The Bertz CT molecular complexity index is 321. The van der Waals surface area contributed by atoms with Crippen molar-refractivity contribution in [2.45, 2.75) is 45.3 Å². The smallest absolute Gasteiger partial charge is 0.329 e. The number of carbonyl (C=O) groups is 2. The van der Waals surface area contributed by atoms with Gasteiger partial charge < -0.3 is 14.5 Å². The van der Waals surface area contributed by atoms with E-state index in [-0.39, 0.29) is 11.9 Å². The van der Waals surface area contributed by atoms with E-state index in [1.807, 2.05) is 39.8 Å². The number of amides is 1. The molecule has 1 aliphatic heterocycles. The Morgan fingerprint density at radius 3 is 2.44 bits per heavy atom. The summed E-state index contributed by atoms with van der Waals surface area (Å²) < 4.78 is 5.36. The minimum absolute atomic E-state index is 0.00615. The van der Waals surface area contributed by atoms with Crippen LogP contribution in [0.1, 0.15) is 33.6 Å². The van der Waals surface area contributed by atoms with Crippen LogP contribution >= 0.6 is 0 Å². The molecule has 0 spiro atoms. The van der Waals surface area contributed by atoms with Gasteiger partial charge in [0.25, 0.3) is 0 Å². The molecule has 0 aromatic heterocycles. The van der Waals surface area contributed by atoms with Crippen LogP contribution < -0.4 is 0 Å². The number of nitrogens with zero attached hydrogens (tertiary/aromatic N) is 2. The van der Waals surface area contributed by atoms with Gasteiger partial charge >= 0.3 is 5.97 Å². The minimum atomic E-state index is -0.504. The fourth-order valence-corrected chi connectivity index (χ4v) is 2.04. The number of likely N-dealkylation sites (tertiary alicyclic amines) is 1. The van der Waals surface area contributed by atoms with Gasteiger partial charge in [-0.25, -0.2) is 4.79 Å². The Morgan fingerprint density at radius 1 is 1.33 bits per heavy atom. The van der Waals surface area contributed by atoms with Crippen LogP contribution in [0.15, 0.2) is 0 Å². The van der Waals surface area contributed by atoms with E-state index in [4.69, 9.17) is 4.74 Å². The average Bonchev–Trinajstić information content (AvgIpc) is 2.61. The van der Waals surface area contributed by atoms with Crippen molar-refractivity contribution in [1.29, 1.82) is 0 Å². The molecule has 1 rings (SSSR count). The molecule has 1 heterocycles. The highest BCUT2D eigenvalue weighted by Crippen LogP contribution is 2.21. The maximum absolute atomic E-state index is 12.0. The number of hydrogen-bond donors (Lipinski definition) is 0. The summed E-state index contributed by atoms with van der Waals surface area (Å²) in [5.74, 6) is -0.291. The molecule has 5 nitrogen and oxygen atoms in total. The van der Waals surface area contributed by atoms with Gasteiger partial charge in [0.05, 0.1) is 6.54 Å². The second-order valence-corrected chi connectivity index (χ2v) is 6.02. The lowest BCUT2D eigenvalue weighted by molar-refractivity contribution is -0.163. The third kappa shape index (κ3) is 4.29. The molecule has 0 unspecified atom stereocenters. The zero-order chi connectivity index (χ0) is 13.9. The summed E-state index contributed by atoms with van der Waals surface area (Å²) in [5.41, 5.74) is -0.504. The van der Waals surface area contributed by atoms with Crippen LogP contribution in [0.5, 0.6) is 0 Å². The number of ether oxygens (including phenoxy) is 1. The summed E-state index contributed by atoms with van der Waals surface area (Å²) in [5, 5.41) is 0. The van der Waals surface area contributed by atoms with Crippen molar-refractivity contribution in [3.05, 3.63) is 0 Å². The lowest BCUT2D eigenvalue weighted by Crippen LogP contribution is -2.46. The average molecular weight is 256 g/mol. The van der Waals surface area contributed by atoms with Crippen molar-refractivity contribution < 1.29 is 14.3 Å². The summed E-state index contributed by atoms with van der Waals surface area (Å²) in [4.78, 5) is 27.5. The molecule has 1 amide bonds. The number of carbonyl (C=O) groups excluding carboxylic acids is 2. The lowest BCUT2D eigenvalue weighted by atomic mass is 10.1. The summed E-state index contributed by atoms with van der Waals surface area (Å²) in [7, 11) is 3.69. The van der Waals surface area contributed by atoms with E-state index >= 15 is 0 Å². The first-order valence-electron chi connectivity index (χ1n) is 6.38. The van der Waals surface area contributed by atoms with E-state index in [9.17, 15) is 9.59 Å². The number of rotatable bonds is 3. The monoisotopic (exact) mass is 256 g/mol. The summed E-state index contributed by atoms with van der Waals surface area (Å²) in [6.07, 6.45) is 1.57. The van der Waals surface area contributed by atoms with Gasteiger partial charge in [-0.05, 0) is 47.7 Å². The van der Waals surface area contributed by atoms with E-state index in [2.05, 4.69) is 0 Å². The van der Waals surface area contributed by atoms with Gasteiger partial charge in [0.2, 0.25) is 5.91 Å². The topological polar surface area (TPSA) is 49.9 Å². The van der Waals surface area contributed by atoms with Gasteiger partial charge in [0.1, 0.15) is 11.6 Å². The van der Waals surface area contributed by atoms with E-state index in [0.717, 1.165) is 6.42 Å². The van der Waals surface area contributed by atoms with Gasteiger partial charge in [-0.15, -0.1) is 0 Å². The molecule has 1 aliphatic rings. The SMILES string of the molecule is CN(C)CC(=O)N1CCC[C@@H]1C(=O)OC(C)(C)C. The second-order valence-electron chi connectivity index (χ2n) is 6.02. The molecule has 5 heteroatoms. The van der Waals surface area contributed by atoms with Crippen molar-refractivity contribution in [2.75, 3.05) is 27.2 Å². The molecule has 0 N–H and O–H groups in total. The van der Waals surface area contributed by atoms with Gasteiger partial charge in [-0.2, -0.15) is 0 Å². The van der Waals surface area contributed by atoms with Crippen LogP contribution in [0, 0.1) is 0 Å². The standard InChI is InChI=1S/C13H24N2O3/c1-13(2,3)18-12(17)10-7-6-8-15(10)11(16)9-14(4)5/h10H,6-9H2,1-5H3/t10-/m1/s1. The maximum Gasteiger partial charge on any atom is 0.329 e. The molecule has 18 heavy (non-hydrogen) atoms.